The lowest BCUT2D eigenvalue weighted by Crippen LogP contribution is -2.15. The first-order valence-corrected chi connectivity index (χ1v) is 7.55. The quantitative estimate of drug-likeness (QED) is 0.532. The van der Waals surface area contributed by atoms with E-state index in [0.29, 0.717) is 8.04 Å². The van der Waals surface area contributed by atoms with Crippen molar-refractivity contribution in [3.63, 3.8) is 0 Å². The van der Waals surface area contributed by atoms with Crippen LogP contribution in [0.1, 0.15) is 5.56 Å². The van der Waals surface area contributed by atoms with Crippen molar-refractivity contribution in [3.8, 4) is 0 Å². The minimum atomic E-state index is -0.693. The molecule has 2 rings (SSSR count). The predicted molar refractivity (Wildman–Crippen MR) is 87.1 cm³/mol. The van der Waals surface area contributed by atoms with Gasteiger partial charge in [-0.1, -0.05) is 46.3 Å². The van der Waals surface area contributed by atoms with Gasteiger partial charge in [0, 0.05) is 4.47 Å². The molecule has 0 saturated heterocycles. The average Bonchev–Trinajstić information content (AvgIpc) is 2.43. The van der Waals surface area contributed by atoms with Gasteiger partial charge in [0.1, 0.15) is 6.61 Å². The molecule has 1 amide bonds. The number of hydrogen-bond acceptors (Lipinski definition) is 2. The van der Waals surface area contributed by atoms with Crippen LogP contribution in [0.15, 0.2) is 46.9 Å². The van der Waals surface area contributed by atoms with Gasteiger partial charge in [-0.3, -0.25) is 5.32 Å². The highest BCUT2D eigenvalue weighted by molar-refractivity contribution is 14.1. The summed E-state index contributed by atoms with van der Waals surface area (Å²) in [6, 6.07) is 12.4. The molecule has 2 aromatic carbocycles. The normalized spacial score (nSPS) is 10.2. The van der Waals surface area contributed by atoms with E-state index < -0.39 is 11.9 Å². The SMILES string of the molecule is O=C(Nc1cc(Br)cc(I)c1F)OCc1ccccc1. The zero-order valence-corrected chi connectivity index (χ0v) is 13.9. The molecule has 0 spiro atoms. The summed E-state index contributed by atoms with van der Waals surface area (Å²) in [6.07, 6.45) is -0.693. The highest BCUT2D eigenvalue weighted by atomic mass is 127. The molecular weight excluding hydrogens is 440 g/mol. The van der Waals surface area contributed by atoms with Gasteiger partial charge < -0.3 is 4.74 Å². The predicted octanol–water partition coefficient (Wildman–Crippen LogP) is 4.94. The summed E-state index contributed by atoms with van der Waals surface area (Å²) in [5.41, 5.74) is 0.953. The van der Waals surface area contributed by atoms with Crippen LogP contribution in [-0.2, 0) is 11.3 Å². The van der Waals surface area contributed by atoms with Gasteiger partial charge in [-0.15, -0.1) is 0 Å². The number of benzene rings is 2. The Morgan fingerprint density at radius 3 is 2.70 bits per heavy atom. The Kier molecular flexibility index (Phi) is 5.36. The van der Waals surface area contributed by atoms with Gasteiger partial charge in [-0.05, 0) is 40.3 Å². The highest BCUT2D eigenvalue weighted by Gasteiger charge is 2.12. The van der Waals surface area contributed by atoms with Crippen LogP contribution in [0.5, 0.6) is 0 Å². The maximum atomic E-state index is 13.8. The van der Waals surface area contributed by atoms with Crippen LogP contribution in [0.3, 0.4) is 0 Å². The van der Waals surface area contributed by atoms with E-state index >= 15 is 0 Å². The molecule has 0 saturated carbocycles. The number of amides is 1. The molecule has 0 aliphatic carbocycles. The second kappa shape index (κ2) is 7.03. The molecule has 104 valence electrons. The van der Waals surface area contributed by atoms with Crippen LogP contribution in [0, 0.1) is 9.39 Å². The zero-order chi connectivity index (χ0) is 14.5. The molecule has 1 N–H and O–H groups in total. The van der Waals surface area contributed by atoms with Crippen LogP contribution in [0.25, 0.3) is 0 Å². The maximum absolute atomic E-state index is 13.8. The Morgan fingerprint density at radius 1 is 1.30 bits per heavy atom. The molecule has 0 radical (unpaired) electrons. The van der Waals surface area contributed by atoms with Gasteiger partial charge in [0.2, 0.25) is 0 Å². The number of carbonyl (C=O) groups is 1. The molecule has 0 atom stereocenters. The molecule has 0 aliphatic rings. The number of carbonyl (C=O) groups excluding carboxylic acids is 1. The van der Waals surface area contributed by atoms with Crippen molar-refractivity contribution < 1.29 is 13.9 Å². The molecule has 6 heteroatoms. The van der Waals surface area contributed by atoms with E-state index in [2.05, 4.69) is 21.2 Å². The first kappa shape index (κ1) is 15.2. The largest absolute Gasteiger partial charge is 0.444 e. The lowest BCUT2D eigenvalue weighted by Gasteiger charge is -2.09. The third-order valence-corrected chi connectivity index (χ3v) is 3.69. The molecule has 3 nitrogen and oxygen atoms in total. The molecule has 0 heterocycles. The fourth-order valence-electron chi connectivity index (χ4n) is 1.52. The Labute approximate surface area is 137 Å². The Bertz CT molecular complexity index is 622. The van der Waals surface area contributed by atoms with E-state index in [1.165, 1.54) is 6.07 Å². The lowest BCUT2D eigenvalue weighted by atomic mass is 10.2. The first-order valence-electron chi connectivity index (χ1n) is 5.68. The summed E-state index contributed by atoms with van der Waals surface area (Å²) in [5.74, 6) is -0.481. The number of hydrogen-bond donors (Lipinski definition) is 1. The molecule has 0 aliphatic heterocycles. The summed E-state index contributed by atoms with van der Waals surface area (Å²) in [4.78, 5) is 11.6. The molecule has 2 aromatic rings. The Morgan fingerprint density at radius 2 is 2.00 bits per heavy atom. The average molecular weight is 450 g/mol. The standard InChI is InChI=1S/C14H10BrFINO2/c15-10-6-11(17)13(16)12(7-10)18-14(19)20-8-9-4-2-1-3-5-9/h1-7H,8H2,(H,18,19). The molecule has 0 fully saturated rings. The van der Waals surface area contributed by atoms with Gasteiger partial charge in [-0.2, -0.15) is 0 Å². The smallest absolute Gasteiger partial charge is 0.412 e. The number of halogens is 3. The Balaban J connectivity index is 1.98. The van der Waals surface area contributed by atoms with Crippen molar-refractivity contribution in [3.05, 3.63) is 61.9 Å². The lowest BCUT2D eigenvalue weighted by molar-refractivity contribution is 0.155. The van der Waals surface area contributed by atoms with Crippen LogP contribution < -0.4 is 5.32 Å². The fraction of sp³-hybridized carbons (Fsp3) is 0.0714. The van der Waals surface area contributed by atoms with Crippen molar-refractivity contribution in [2.24, 2.45) is 0 Å². The van der Waals surface area contributed by atoms with Crippen molar-refractivity contribution in [2.75, 3.05) is 5.32 Å². The highest BCUT2D eigenvalue weighted by Crippen LogP contribution is 2.25. The number of anilines is 1. The van der Waals surface area contributed by atoms with Crippen molar-refractivity contribution in [2.45, 2.75) is 6.61 Å². The van der Waals surface area contributed by atoms with Gasteiger partial charge in [0.05, 0.1) is 9.26 Å². The first-order chi connectivity index (χ1) is 9.56. The minimum Gasteiger partial charge on any atom is -0.444 e. The van der Waals surface area contributed by atoms with Crippen molar-refractivity contribution in [1.29, 1.82) is 0 Å². The summed E-state index contributed by atoms with van der Waals surface area (Å²) in [7, 11) is 0. The van der Waals surface area contributed by atoms with E-state index in [0.717, 1.165) is 5.56 Å². The van der Waals surface area contributed by atoms with Gasteiger partial charge in [-0.25, -0.2) is 9.18 Å². The molecule has 20 heavy (non-hydrogen) atoms. The second-order valence-electron chi connectivity index (χ2n) is 3.94. The van der Waals surface area contributed by atoms with Gasteiger partial charge in [0.25, 0.3) is 0 Å². The van der Waals surface area contributed by atoms with E-state index in [4.69, 9.17) is 4.74 Å². The third-order valence-electron chi connectivity index (χ3n) is 2.44. The van der Waals surface area contributed by atoms with Crippen molar-refractivity contribution in [1.82, 2.24) is 0 Å². The topological polar surface area (TPSA) is 38.3 Å². The van der Waals surface area contributed by atoms with Crippen LogP contribution in [-0.4, -0.2) is 6.09 Å². The van der Waals surface area contributed by atoms with Crippen LogP contribution in [0.2, 0.25) is 0 Å². The van der Waals surface area contributed by atoms with Crippen LogP contribution in [0.4, 0.5) is 14.9 Å². The fourth-order valence-corrected chi connectivity index (χ4v) is 3.03. The molecule has 0 aromatic heterocycles. The molecule has 0 bridgehead atoms. The van der Waals surface area contributed by atoms with Crippen molar-refractivity contribution >= 4 is 50.3 Å². The number of ether oxygens (including phenoxy) is 1. The van der Waals surface area contributed by atoms with Crippen LogP contribution >= 0.6 is 38.5 Å². The number of rotatable bonds is 3. The number of nitrogens with one attached hydrogen (secondary N) is 1. The summed E-state index contributed by atoms with van der Waals surface area (Å²) >= 11 is 5.11. The maximum Gasteiger partial charge on any atom is 0.412 e. The summed E-state index contributed by atoms with van der Waals surface area (Å²) < 4.78 is 19.9. The third kappa shape index (κ3) is 4.17. The molecule has 0 unspecified atom stereocenters. The van der Waals surface area contributed by atoms with E-state index in [9.17, 15) is 9.18 Å². The van der Waals surface area contributed by atoms with Gasteiger partial charge in [0.15, 0.2) is 5.82 Å². The zero-order valence-electron chi connectivity index (χ0n) is 10.2. The summed E-state index contributed by atoms with van der Waals surface area (Å²) in [6.45, 7) is 0.138. The molecular formula is C14H10BrFINO2. The second-order valence-corrected chi connectivity index (χ2v) is 6.01. The Hall–Kier alpha value is -1.15. The van der Waals surface area contributed by atoms with E-state index in [-0.39, 0.29) is 12.3 Å². The van der Waals surface area contributed by atoms with E-state index in [1.807, 2.05) is 52.9 Å². The van der Waals surface area contributed by atoms with E-state index in [1.54, 1.807) is 6.07 Å². The monoisotopic (exact) mass is 449 g/mol. The minimum absolute atomic E-state index is 0.0850. The van der Waals surface area contributed by atoms with Gasteiger partial charge >= 0.3 is 6.09 Å². The summed E-state index contributed by atoms with van der Waals surface area (Å²) in [5, 5.41) is 2.39.